The zero-order valence-electron chi connectivity index (χ0n) is 8.53. The monoisotopic (exact) mass is 296 g/mol. The molecule has 0 aliphatic rings. The summed E-state index contributed by atoms with van der Waals surface area (Å²) >= 11 is 4.77. The molecular weight excluding hydrogens is 288 g/mol. The van der Waals surface area contributed by atoms with Crippen LogP contribution in [0.1, 0.15) is 15.2 Å². The first-order valence-corrected chi connectivity index (χ1v) is 6.30. The number of aryl methyl sites for hydroxylation is 1. The molecule has 1 amide bonds. The summed E-state index contributed by atoms with van der Waals surface area (Å²) in [5, 5.41) is 4.75. The van der Waals surface area contributed by atoms with Crippen molar-refractivity contribution in [1.29, 1.82) is 0 Å². The minimum Gasteiger partial charge on any atom is -0.320 e. The highest BCUT2D eigenvalue weighted by Gasteiger charge is 2.11. The van der Waals surface area contributed by atoms with Gasteiger partial charge in [-0.2, -0.15) is 0 Å². The number of carbonyl (C=O) groups excluding carboxylic acids is 1. The topological polar surface area (TPSA) is 42.0 Å². The smallest absolute Gasteiger partial charge is 0.266 e. The molecule has 0 radical (unpaired) electrons. The van der Waals surface area contributed by atoms with E-state index in [9.17, 15) is 4.79 Å². The van der Waals surface area contributed by atoms with Crippen molar-refractivity contribution >= 4 is 38.9 Å². The molecule has 0 saturated heterocycles. The van der Waals surface area contributed by atoms with Gasteiger partial charge in [-0.15, -0.1) is 11.3 Å². The Morgan fingerprint density at radius 2 is 2.31 bits per heavy atom. The summed E-state index contributed by atoms with van der Waals surface area (Å²) in [5.41, 5.74) is 1.72. The van der Waals surface area contributed by atoms with Crippen molar-refractivity contribution in [2.75, 3.05) is 5.32 Å². The van der Waals surface area contributed by atoms with Crippen LogP contribution in [0.15, 0.2) is 34.4 Å². The zero-order chi connectivity index (χ0) is 11.5. The summed E-state index contributed by atoms with van der Waals surface area (Å²) < 4.78 is 0.776. The molecule has 16 heavy (non-hydrogen) atoms. The summed E-state index contributed by atoms with van der Waals surface area (Å²) in [4.78, 5) is 16.6. The number of pyridine rings is 1. The highest BCUT2D eigenvalue weighted by molar-refractivity contribution is 9.10. The maximum Gasteiger partial charge on any atom is 0.266 e. The van der Waals surface area contributed by atoms with Gasteiger partial charge < -0.3 is 5.32 Å². The van der Waals surface area contributed by atoms with E-state index in [4.69, 9.17) is 0 Å². The number of halogens is 1. The third kappa shape index (κ3) is 2.31. The lowest BCUT2D eigenvalue weighted by molar-refractivity contribution is 0.103. The average Bonchev–Trinajstić information content (AvgIpc) is 2.68. The molecule has 0 unspecified atom stereocenters. The molecule has 0 aliphatic carbocycles. The molecule has 2 aromatic heterocycles. The molecule has 3 nitrogen and oxygen atoms in total. The Kier molecular flexibility index (Phi) is 3.36. The second-order valence-electron chi connectivity index (χ2n) is 3.24. The number of hydrogen-bond acceptors (Lipinski definition) is 3. The molecule has 2 heterocycles. The Morgan fingerprint density at radius 3 is 2.94 bits per heavy atom. The lowest BCUT2D eigenvalue weighted by Gasteiger charge is -2.05. The number of hydrogen-bond donors (Lipinski definition) is 1. The standard InChI is InChI=1S/C11H9BrN2OS/c1-7-3-5-16-10(7)11(15)14-9-2-4-13-6-8(9)12/h2-6H,1H3,(H,13,14,15). The van der Waals surface area contributed by atoms with Gasteiger partial charge in [-0.3, -0.25) is 9.78 Å². The quantitative estimate of drug-likeness (QED) is 0.922. The molecule has 1 N–H and O–H groups in total. The minimum absolute atomic E-state index is 0.0839. The van der Waals surface area contributed by atoms with Gasteiger partial charge in [0, 0.05) is 12.4 Å². The molecule has 82 valence electrons. The number of nitrogens with zero attached hydrogens (tertiary/aromatic N) is 1. The summed E-state index contributed by atoms with van der Waals surface area (Å²) in [6.45, 7) is 1.92. The number of amides is 1. The van der Waals surface area contributed by atoms with Crippen LogP contribution in [0.5, 0.6) is 0 Å². The fourth-order valence-corrected chi connectivity index (χ4v) is 2.43. The maximum atomic E-state index is 11.9. The SMILES string of the molecule is Cc1ccsc1C(=O)Nc1ccncc1Br. The fourth-order valence-electron chi connectivity index (χ4n) is 1.26. The first kappa shape index (κ1) is 11.3. The van der Waals surface area contributed by atoms with E-state index in [1.807, 2.05) is 18.4 Å². The molecule has 5 heteroatoms. The number of nitrogens with one attached hydrogen (secondary N) is 1. The lowest BCUT2D eigenvalue weighted by Crippen LogP contribution is -2.11. The first-order valence-electron chi connectivity index (χ1n) is 4.63. The third-order valence-electron chi connectivity index (χ3n) is 2.09. The molecule has 0 bridgehead atoms. The van der Waals surface area contributed by atoms with Crippen molar-refractivity contribution in [3.63, 3.8) is 0 Å². The zero-order valence-corrected chi connectivity index (χ0v) is 10.9. The Balaban J connectivity index is 2.21. The average molecular weight is 297 g/mol. The van der Waals surface area contributed by atoms with Gasteiger partial charge in [0.2, 0.25) is 0 Å². The van der Waals surface area contributed by atoms with Crippen LogP contribution in [0.25, 0.3) is 0 Å². The van der Waals surface area contributed by atoms with E-state index in [0.29, 0.717) is 0 Å². The van der Waals surface area contributed by atoms with E-state index in [1.54, 1.807) is 18.5 Å². The fraction of sp³-hybridized carbons (Fsp3) is 0.0909. The largest absolute Gasteiger partial charge is 0.320 e. The Hall–Kier alpha value is -1.20. The van der Waals surface area contributed by atoms with E-state index in [1.165, 1.54) is 11.3 Å². The predicted molar refractivity (Wildman–Crippen MR) is 68.9 cm³/mol. The second-order valence-corrected chi connectivity index (χ2v) is 5.01. The van der Waals surface area contributed by atoms with Crippen LogP contribution in [0, 0.1) is 6.92 Å². The van der Waals surface area contributed by atoms with E-state index in [2.05, 4.69) is 26.2 Å². The number of thiophene rings is 1. The van der Waals surface area contributed by atoms with Gasteiger partial charge in [0.25, 0.3) is 5.91 Å². The van der Waals surface area contributed by atoms with Gasteiger partial charge in [0.1, 0.15) is 0 Å². The van der Waals surface area contributed by atoms with E-state index >= 15 is 0 Å². The number of carbonyl (C=O) groups is 1. The maximum absolute atomic E-state index is 11.9. The third-order valence-corrected chi connectivity index (χ3v) is 3.74. The van der Waals surface area contributed by atoms with Crippen molar-refractivity contribution in [1.82, 2.24) is 4.98 Å². The highest BCUT2D eigenvalue weighted by atomic mass is 79.9. The van der Waals surface area contributed by atoms with Gasteiger partial charge >= 0.3 is 0 Å². The Bertz CT molecular complexity index is 524. The lowest BCUT2D eigenvalue weighted by atomic mass is 10.3. The molecule has 0 aliphatic heterocycles. The van der Waals surface area contributed by atoms with E-state index < -0.39 is 0 Å². The van der Waals surface area contributed by atoms with Crippen LogP contribution < -0.4 is 5.32 Å². The molecule has 2 aromatic rings. The van der Waals surface area contributed by atoms with Crippen LogP contribution >= 0.6 is 27.3 Å². The first-order chi connectivity index (χ1) is 7.68. The van der Waals surface area contributed by atoms with Crippen molar-refractivity contribution < 1.29 is 4.79 Å². The summed E-state index contributed by atoms with van der Waals surface area (Å²) in [6.07, 6.45) is 3.29. The van der Waals surface area contributed by atoms with Crippen molar-refractivity contribution in [3.05, 3.63) is 44.8 Å². The Labute approximate surface area is 106 Å². The van der Waals surface area contributed by atoms with E-state index in [0.717, 1.165) is 20.6 Å². The van der Waals surface area contributed by atoms with Crippen LogP contribution in [0.3, 0.4) is 0 Å². The van der Waals surface area contributed by atoms with Gasteiger partial charge in [-0.25, -0.2) is 0 Å². The van der Waals surface area contributed by atoms with E-state index in [-0.39, 0.29) is 5.91 Å². The van der Waals surface area contributed by atoms with Crippen LogP contribution in [0.4, 0.5) is 5.69 Å². The minimum atomic E-state index is -0.0839. The molecule has 0 spiro atoms. The summed E-state index contributed by atoms with van der Waals surface area (Å²) in [7, 11) is 0. The normalized spacial score (nSPS) is 10.1. The van der Waals surface area contributed by atoms with Gasteiger partial charge in [-0.1, -0.05) is 0 Å². The molecule has 0 fully saturated rings. The summed E-state index contributed by atoms with van der Waals surface area (Å²) in [6, 6.07) is 3.69. The molecule has 0 saturated carbocycles. The van der Waals surface area contributed by atoms with Crippen molar-refractivity contribution in [3.8, 4) is 0 Å². The van der Waals surface area contributed by atoms with Gasteiger partial charge in [0.15, 0.2) is 0 Å². The number of rotatable bonds is 2. The molecule has 0 atom stereocenters. The number of aromatic nitrogens is 1. The van der Waals surface area contributed by atoms with Crippen LogP contribution in [-0.2, 0) is 0 Å². The molecule has 0 aromatic carbocycles. The van der Waals surface area contributed by atoms with Crippen molar-refractivity contribution in [2.45, 2.75) is 6.92 Å². The van der Waals surface area contributed by atoms with Crippen LogP contribution in [-0.4, -0.2) is 10.9 Å². The van der Waals surface area contributed by atoms with Crippen LogP contribution in [0.2, 0.25) is 0 Å². The predicted octanol–water partition coefficient (Wildman–Crippen LogP) is 3.47. The van der Waals surface area contributed by atoms with Gasteiger partial charge in [0.05, 0.1) is 15.0 Å². The molecular formula is C11H9BrN2OS. The van der Waals surface area contributed by atoms with Crippen molar-refractivity contribution in [2.24, 2.45) is 0 Å². The van der Waals surface area contributed by atoms with Gasteiger partial charge in [-0.05, 0) is 45.9 Å². The molecule has 2 rings (SSSR count). The summed E-state index contributed by atoms with van der Waals surface area (Å²) in [5.74, 6) is -0.0839. The number of anilines is 1. The highest BCUT2D eigenvalue weighted by Crippen LogP contribution is 2.22. The second kappa shape index (κ2) is 4.76. The Morgan fingerprint density at radius 1 is 1.50 bits per heavy atom.